The van der Waals surface area contributed by atoms with Crippen molar-refractivity contribution in [3.63, 3.8) is 0 Å². The van der Waals surface area contributed by atoms with Crippen LogP contribution in [0.5, 0.6) is 5.75 Å². The third-order valence-corrected chi connectivity index (χ3v) is 6.24. The first kappa shape index (κ1) is 21.2. The van der Waals surface area contributed by atoms with Crippen LogP contribution in [0.2, 0.25) is 0 Å². The molecule has 2 amide bonds. The Morgan fingerprint density at radius 1 is 1.31 bits per heavy atom. The zero-order chi connectivity index (χ0) is 20.8. The number of carbonyl (C=O) groups is 2. The number of hydrogen-bond acceptors (Lipinski definition) is 6. The predicted molar refractivity (Wildman–Crippen MR) is 113 cm³/mol. The molecular formula is C21H28N4O3S. The van der Waals surface area contributed by atoms with Gasteiger partial charge >= 0.3 is 0 Å². The van der Waals surface area contributed by atoms with E-state index in [9.17, 15) is 9.59 Å². The van der Waals surface area contributed by atoms with Gasteiger partial charge in [0.2, 0.25) is 16.9 Å². The van der Waals surface area contributed by atoms with Crippen LogP contribution in [0.25, 0.3) is 0 Å². The summed E-state index contributed by atoms with van der Waals surface area (Å²) in [6.45, 7) is 4.72. The number of piperidine rings is 1. The van der Waals surface area contributed by atoms with E-state index in [-0.39, 0.29) is 23.8 Å². The van der Waals surface area contributed by atoms with Crippen molar-refractivity contribution in [1.29, 1.82) is 0 Å². The van der Waals surface area contributed by atoms with Gasteiger partial charge in [-0.1, -0.05) is 49.8 Å². The van der Waals surface area contributed by atoms with Crippen molar-refractivity contribution in [3.8, 4) is 5.75 Å². The minimum absolute atomic E-state index is 0.0857. The van der Waals surface area contributed by atoms with Crippen LogP contribution in [0, 0.1) is 5.92 Å². The van der Waals surface area contributed by atoms with E-state index < -0.39 is 0 Å². The van der Waals surface area contributed by atoms with Crippen molar-refractivity contribution < 1.29 is 14.3 Å². The van der Waals surface area contributed by atoms with Crippen molar-refractivity contribution in [2.45, 2.75) is 52.0 Å². The lowest BCUT2D eigenvalue weighted by Crippen LogP contribution is -2.47. The van der Waals surface area contributed by atoms with Gasteiger partial charge in [0.1, 0.15) is 10.8 Å². The number of unbranched alkanes of at least 4 members (excludes halogenated alkanes) is 1. The molecule has 0 saturated carbocycles. The standard InChI is InChI=1S/C21H28N4O3S/c1-4-6-13-25-18(26)12-11-15(19(25)14-9-7-8-10-16(14)28-3)20(27)22-21-24-23-17(5-2)29-21/h7-10,15,19H,4-6,11-13H2,1-3H3,(H,22,24,27)/t15-,19+/m0/s1. The minimum atomic E-state index is -0.380. The second-order valence-electron chi connectivity index (χ2n) is 7.12. The second-order valence-corrected chi connectivity index (χ2v) is 8.18. The molecule has 1 aliphatic rings. The Morgan fingerprint density at radius 2 is 2.10 bits per heavy atom. The van der Waals surface area contributed by atoms with Crippen LogP contribution in [0.1, 0.15) is 56.1 Å². The van der Waals surface area contributed by atoms with Crippen LogP contribution in [0.4, 0.5) is 5.13 Å². The summed E-state index contributed by atoms with van der Waals surface area (Å²) < 4.78 is 5.56. The third-order valence-electron chi connectivity index (χ3n) is 5.25. The SMILES string of the molecule is CCCCN1C(=O)CC[C@H](C(=O)Nc2nnc(CC)s2)[C@H]1c1ccccc1OC. The first-order valence-corrected chi connectivity index (χ1v) is 11.0. The van der Waals surface area contributed by atoms with Gasteiger partial charge in [-0.3, -0.25) is 9.59 Å². The number of methoxy groups -OCH3 is 1. The second kappa shape index (κ2) is 9.82. The molecule has 29 heavy (non-hydrogen) atoms. The van der Waals surface area contributed by atoms with Crippen molar-refractivity contribution in [3.05, 3.63) is 34.8 Å². The van der Waals surface area contributed by atoms with Crippen LogP contribution in [-0.4, -0.2) is 40.6 Å². The number of aryl methyl sites for hydroxylation is 1. The maximum Gasteiger partial charge on any atom is 0.231 e. The van der Waals surface area contributed by atoms with Crippen LogP contribution >= 0.6 is 11.3 Å². The molecule has 1 fully saturated rings. The fraction of sp³-hybridized carbons (Fsp3) is 0.524. The summed E-state index contributed by atoms with van der Waals surface area (Å²) in [5.74, 6) is 0.266. The number of ether oxygens (including phenoxy) is 1. The fourth-order valence-corrected chi connectivity index (χ4v) is 4.44. The van der Waals surface area contributed by atoms with Crippen LogP contribution < -0.4 is 10.1 Å². The molecule has 8 heteroatoms. The Labute approximate surface area is 175 Å². The van der Waals surface area contributed by atoms with E-state index in [0.29, 0.717) is 30.3 Å². The normalized spacial score (nSPS) is 19.3. The largest absolute Gasteiger partial charge is 0.496 e. The number of nitrogens with zero attached hydrogens (tertiary/aromatic N) is 3. The smallest absolute Gasteiger partial charge is 0.231 e. The molecule has 0 aliphatic carbocycles. The van der Waals surface area contributed by atoms with Gasteiger partial charge in [-0.2, -0.15) is 0 Å². The highest BCUT2D eigenvalue weighted by molar-refractivity contribution is 7.15. The molecule has 1 N–H and O–H groups in total. The number of aromatic nitrogens is 2. The third kappa shape index (κ3) is 4.75. The van der Waals surface area contributed by atoms with Crippen molar-refractivity contribution in [2.24, 2.45) is 5.92 Å². The number of nitrogens with one attached hydrogen (secondary N) is 1. The highest BCUT2D eigenvalue weighted by Gasteiger charge is 2.41. The number of likely N-dealkylation sites (tertiary alicyclic amines) is 1. The lowest BCUT2D eigenvalue weighted by Gasteiger charge is -2.41. The summed E-state index contributed by atoms with van der Waals surface area (Å²) in [7, 11) is 1.61. The van der Waals surface area contributed by atoms with Gasteiger partial charge in [-0.15, -0.1) is 10.2 Å². The number of benzene rings is 1. The van der Waals surface area contributed by atoms with E-state index in [1.165, 1.54) is 11.3 Å². The molecule has 2 atom stereocenters. The number of para-hydroxylation sites is 1. The molecule has 2 heterocycles. The van der Waals surface area contributed by atoms with E-state index >= 15 is 0 Å². The summed E-state index contributed by atoms with van der Waals surface area (Å²) in [4.78, 5) is 27.9. The summed E-state index contributed by atoms with van der Waals surface area (Å²) in [6.07, 6.45) is 3.51. The zero-order valence-corrected chi connectivity index (χ0v) is 18.0. The highest BCUT2D eigenvalue weighted by atomic mass is 32.1. The number of amides is 2. The predicted octanol–water partition coefficient (Wildman–Crippen LogP) is 3.83. The van der Waals surface area contributed by atoms with E-state index in [2.05, 4.69) is 22.4 Å². The Morgan fingerprint density at radius 3 is 2.79 bits per heavy atom. The first-order chi connectivity index (χ1) is 14.1. The Balaban J connectivity index is 1.93. The van der Waals surface area contributed by atoms with Gasteiger partial charge in [0.05, 0.1) is 19.1 Å². The molecule has 156 valence electrons. The summed E-state index contributed by atoms with van der Waals surface area (Å²) in [5, 5.41) is 12.4. The quantitative estimate of drug-likeness (QED) is 0.707. The lowest BCUT2D eigenvalue weighted by molar-refractivity contribution is -0.142. The van der Waals surface area contributed by atoms with E-state index in [1.807, 2.05) is 36.1 Å². The maximum atomic E-state index is 13.2. The van der Waals surface area contributed by atoms with Gasteiger partial charge in [0.25, 0.3) is 0 Å². The number of anilines is 1. The lowest BCUT2D eigenvalue weighted by atomic mass is 9.83. The Kier molecular flexibility index (Phi) is 7.19. The molecule has 0 spiro atoms. The van der Waals surface area contributed by atoms with Crippen molar-refractivity contribution in [2.75, 3.05) is 19.0 Å². The average Bonchev–Trinajstić information content (AvgIpc) is 3.20. The van der Waals surface area contributed by atoms with Gasteiger partial charge in [0, 0.05) is 18.5 Å². The molecule has 1 aliphatic heterocycles. The summed E-state index contributed by atoms with van der Waals surface area (Å²) >= 11 is 1.39. The Hall–Kier alpha value is -2.48. The Bertz CT molecular complexity index is 854. The van der Waals surface area contributed by atoms with E-state index in [1.54, 1.807) is 7.11 Å². The number of rotatable bonds is 8. The van der Waals surface area contributed by atoms with Gasteiger partial charge in [-0.05, 0) is 25.3 Å². The van der Waals surface area contributed by atoms with Gasteiger partial charge in [0.15, 0.2) is 0 Å². The molecule has 0 radical (unpaired) electrons. The molecular weight excluding hydrogens is 388 g/mol. The number of carbonyl (C=O) groups excluding carboxylic acids is 2. The van der Waals surface area contributed by atoms with Crippen molar-refractivity contribution in [1.82, 2.24) is 15.1 Å². The topological polar surface area (TPSA) is 84.4 Å². The van der Waals surface area contributed by atoms with Crippen LogP contribution in [0.15, 0.2) is 24.3 Å². The van der Waals surface area contributed by atoms with E-state index in [0.717, 1.165) is 29.8 Å². The number of hydrogen-bond donors (Lipinski definition) is 1. The maximum absolute atomic E-state index is 13.2. The molecule has 0 bridgehead atoms. The van der Waals surface area contributed by atoms with Crippen LogP contribution in [-0.2, 0) is 16.0 Å². The first-order valence-electron chi connectivity index (χ1n) is 10.1. The average molecular weight is 417 g/mol. The molecule has 0 unspecified atom stereocenters. The molecule has 7 nitrogen and oxygen atoms in total. The molecule has 1 saturated heterocycles. The van der Waals surface area contributed by atoms with Crippen molar-refractivity contribution >= 4 is 28.3 Å². The fourth-order valence-electron chi connectivity index (χ4n) is 3.76. The molecule has 2 aromatic rings. The molecule has 1 aromatic heterocycles. The van der Waals surface area contributed by atoms with E-state index in [4.69, 9.17) is 4.74 Å². The molecule has 3 rings (SSSR count). The van der Waals surface area contributed by atoms with Gasteiger partial charge in [-0.25, -0.2) is 0 Å². The van der Waals surface area contributed by atoms with Gasteiger partial charge < -0.3 is 15.0 Å². The summed E-state index contributed by atoms with van der Waals surface area (Å²) in [5.41, 5.74) is 0.866. The highest BCUT2D eigenvalue weighted by Crippen LogP contribution is 2.41. The summed E-state index contributed by atoms with van der Waals surface area (Å²) in [6, 6.07) is 7.27. The molecule has 1 aromatic carbocycles. The minimum Gasteiger partial charge on any atom is -0.496 e. The zero-order valence-electron chi connectivity index (χ0n) is 17.2. The monoisotopic (exact) mass is 416 g/mol. The van der Waals surface area contributed by atoms with Crippen LogP contribution in [0.3, 0.4) is 0 Å².